The van der Waals surface area contributed by atoms with Gasteiger partial charge in [-0.1, -0.05) is 23.7 Å². The van der Waals surface area contributed by atoms with Crippen molar-refractivity contribution in [2.45, 2.75) is 25.9 Å². The number of carbonyl (C=O) groups is 1. The summed E-state index contributed by atoms with van der Waals surface area (Å²) in [6.45, 7) is 2.25. The molecule has 1 aromatic rings. The fourth-order valence-electron chi connectivity index (χ4n) is 1.33. The highest BCUT2D eigenvalue weighted by molar-refractivity contribution is 6.33. The Morgan fingerprint density at radius 2 is 2.18 bits per heavy atom. The molecule has 3 N–H and O–H groups in total. The lowest BCUT2D eigenvalue weighted by Crippen LogP contribution is -2.29. The zero-order valence-electron chi connectivity index (χ0n) is 9.74. The zero-order chi connectivity index (χ0) is 12.7. The highest BCUT2D eigenvalue weighted by Gasteiger charge is 2.04. The van der Waals surface area contributed by atoms with Gasteiger partial charge in [-0.05, 0) is 31.9 Å². The average Bonchev–Trinajstić information content (AvgIpc) is 2.27. The minimum atomic E-state index is -0.330. The first kappa shape index (κ1) is 13.8. The van der Waals surface area contributed by atoms with Crippen LogP contribution in [0.2, 0.25) is 5.02 Å². The van der Waals surface area contributed by atoms with Gasteiger partial charge in [0.05, 0.1) is 16.8 Å². The summed E-state index contributed by atoms with van der Waals surface area (Å²) in [5.41, 5.74) is 0.585. The summed E-state index contributed by atoms with van der Waals surface area (Å²) >= 11 is 5.90. The van der Waals surface area contributed by atoms with E-state index in [4.69, 9.17) is 16.7 Å². The SMILES string of the molecule is CC(O)CCCNC(=O)Nc1ccccc1Cl. The Kier molecular flexibility index (Phi) is 5.80. The number of benzene rings is 1. The fraction of sp³-hybridized carbons (Fsp3) is 0.417. The van der Waals surface area contributed by atoms with E-state index in [-0.39, 0.29) is 12.1 Å². The monoisotopic (exact) mass is 256 g/mol. The molecule has 0 heterocycles. The van der Waals surface area contributed by atoms with Gasteiger partial charge in [0.15, 0.2) is 0 Å². The Balaban J connectivity index is 2.28. The van der Waals surface area contributed by atoms with Gasteiger partial charge in [-0.2, -0.15) is 0 Å². The van der Waals surface area contributed by atoms with Crippen molar-refractivity contribution < 1.29 is 9.90 Å². The third-order valence-corrected chi connectivity index (χ3v) is 2.54. The van der Waals surface area contributed by atoms with Crippen LogP contribution in [-0.2, 0) is 0 Å². The second kappa shape index (κ2) is 7.14. The van der Waals surface area contributed by atoms with E-state index in [9.17, 15) is 4.79 Å². The molecule has 0 fully saturated rings. The van der Waals surface area contributed by atoms with E-state index >= 15 is 0 Å². The van der Waals surface area contributed by atoms with Crippen molar-refractivity contribution >= 4 is 23.3 Å². The molecule has 0 aliphatic heterocycles. The van der Waals surface area contributed by atoms with Gasteiger partial charge in [0.25, 0.3) is 0 Å². The maximum Gasteiger partial charge on any atom is 0.319 e. The lowest BCUT2D eigenvalue weighted by Gasteiger charge is -2.09. The van der Waals surface area contributed by atoms with E-state index in [0.717, 1.165) is 6.42 Å². The number of rotatable bonds is 5. The maximum absolute atomic E-state index is 11.5. The first-order valence-electron chi connectivity index (χ1n) is 5.57. The van der Waals surface area contributed by atoms with Crippen LogP contribution in [0.15, 0.2) is 24.3 Å². The number of anilines is 1. The number of amides is 2. The van der Waals surface area contributed by atoms with E-state index < -0.39 is 0 Å². The van der Waals surface area contributed by atoms with Crippen LogP contribution in [0.1, 0.15) is 19.8 Å². The summed E-state index contributed by atoms with van der Waals surface area (Å²) in [5.74, 6) is 0. The maximum atomic E-state index is 11.5. The van der Waals surface area contributed by atoms with E-state index in [1.54, 1.807) is 31.2 Å². The van der Waals surface area contributed by atoms with Crippen LogP contribution < -0.4 is 10.6 Å². The summed E-state index contributed by atoms with van der Waals surface area (Å²) in [6, 6.07) is 6.76. The van der Waals surface area contributed by atoms with Crippen molar-refractivity contribution in [1.82, 2.24) is 5.32 Å². The molecular weight excluding hydrogens is 240 g/mol. The van der Waals surface area contributed by atoms with E-state index in [1.165, 1.54) is 0 Å². The van der Waals surface area contributed by atoms with Gasteiger partial charge >= 0.3 is 6.03 Å². The second-order valence-electron chi connectivity index (χ2n) is 3.85. The lowest BCUT2D eigenvalue weighted by atomic mass is 10.2. The molecule has 0 aliphatic carbocycles. The molecule has 0 radical (unpaired) electrons. The molecule has 0 spiro atoms. The molecule has 1 aromatic carbocycles. The quantitative estimate of drug-likeness (QED) is 0.709. The minimum absolute atomic E-state index is 0.288. The number of nitrogens with one attached hydrogen (secondary N) is 2. The summed E-state index contributed by atoms with van der Waals surface area (Å²) in [7, 11) is 0. The Bertz CT molecular complexity index is 369. The zero-order valence-corrected chi connectivity index (χ0v) is 10.5. The van der Waals surface area contributed by atoms with Crippen molar-refractivity contribution in [2.75, 3.05) is 11.9 Å². The first-order chi connectivity index (χ1) is 8.09. The third kappa shape index (κ3) is 5.56. The highest BCUT2D eigenvalue weighted by atomic mass is 35.5. The van der Waals surface area contributed by atoms with Crippen LogP contribution in [0, 0.1) is 0 Å². The van der Waals surface area contributed by atoms with Crippen LogP contribution in [0.5, 0.6) is 0 Å². The number of hydrogen-bond donors (Lipinski definition) is 3. The highest BCUT2D eigenvalue weighted by Crippen LogP contribution is 2.19. The predicted molar refractivity (Wildman–Crippen MR) is 69.4 cm³/mol. The molecule has 94 valence electrons. The molecule has 5 heteroatoms. The Morgan fingerprint density at radius 3 is 2.82 bits per heavy atom. The molecule has 4 nitrogen and oxygen atoms in total. The molecule has 0 saturated heterocycles. The van der Waals surface area contributed by atoms with E-state index in [0.29, 0.717) is 23.7 Å². The molecule has 1 atom stereocenters. The Morgan fingerprint density at radius 1 is 1.47 bits per heavy atom. The standard InChI is InChI=1S/C12H17ClN2O2/c1-9(16)5-4-8-14-12(17)15-11-7-3-2-6-10(11)13/h2-3,6-7,9,16H,4-5,8H2,1H3,(H2,14,15,17). The van der Waals surface area contributed by atoms with E-state index in [1.807, 2.05) is 0 Å². The Hall–Kier alpha value is -1.26. The van der Waals surface area contributed by atoms with Gasteiger partial charge in [-0.3, -0.25) is 0 Å². The summed E-state index contributed by atoms with van der Waals surface area (Å²) in [5, 5.41) is 14.9. The van der Waals surface area contributed by atoms with Crippen LogP contribution >= 0.6 is 11.6 Å². The molecular formula is C12H17ClN2O2. The van der Waals surface area contributed by atoms with Gasteiger partial charge in [-0.25, -0.2) is 4.79 Å². The van der Waals surface area contributed by atoms with Crippen LogP contribution in [0.25, 0.3) is 0 Å². The predicted octanol–water partition coefficient (Wildman–Crippen LogP) is 2.62. The van der Waals surface area contributed by atoms with Crippen molar-refractivity contribution in [3.63, 3.8) is 0 Å². The van der Waals surface area contributed by atoms with Gasteiger partial charge in [0, 0.05) is 6.54 Å². The number of halogens is 1. The van der Waals surface area contributed by atoms with E-state index in [2.05, 4.69) is 10.6 Å². The van der Waals surface area contributed by atoms with Crippen molar-refractivity contribution in [3.05, 3.63) is 29.3 Å². The summed E-state index contributed by atoms with van der Waals surface area (Å²) in [4.78, 5) is 11.5. The average molecular weight is 257 g/mol. The topological polar surface area (TPSA) is 61.4 Å². The van der Waals surface area contributed by atoms with Crippen molar-refractivity contribution in [3.8, 4) is 0 Å². The second-order valence-corrected chi connectivity index (χ2v) is 4.26. The number of hydrogen-bond acceptors (Lipinski definition) is 2. The number of urea groups is 1. The van der Waals surface area contributed by atoms with Gasteiger partial charge in [0.2, 0.25) is 0 Å². The number of aliphatic hydroxyl groups is 1. The summed E-state index contributed by atoms with van der Waals surface area (Å²) in [6.07, 6.45) is 1.09. The molecule has 0 saturated carbocycles. The fourth-order valence-corrected chi connectivity index (χ4v) is 1.51. The molecule has 0 aromatic heterocycles. The van der Waals surface area contributed by atoms with Gasteiger partial charge < -0.3 is 15.7 Å². The third-order valence-electron chi connectivity index (χ3n) is 2.21. The molecule has 2 amide bonds. The molecule has 1 unspecified atom stereocenters. The summed E-state index contributed by atoms with van der Waals surface area (Å²) < 4.78 is 0. The number of para-hydroxylation sites is 1. The van der Waals surface area contributed by atoms with Crippen LogP contribution in [0.4, 0.5) is 10.5 Å². The minimum Gasteiger partial charge on any atom is -0.393 e. The number of aliphatic hydroxyl groups excluding tert-OH is 1. The van der Waals surface area contributed by atoms with Gasteiger partial charge in [-0.15, -0.1) is 0 Å². The number of carbonyl (C=O) groups excluding carboxylic acids is 1. The Labute approximate surface area is 106 Å². The molecule has 0 aliphatic rings. The van der Waals surface area contributed by atoms with Gasteiger partial charge in [0.1, 0.15) is 0 Å². The van der Waals surface area contributed by atoms with Crippen molar-refractivity contribution in [1.29, 1.82) is 0 Å². The lowest BCUT2D eigenvalue weighted by molar-refractivity contribution is 0.181. The normalized spacial score (nSPS) is 11.9. The van der Waals surface area contributed by atoms with Crippen LogP contribution in [0.3, 0.4) is 0 Å². The smallest absolute Gasteiger partial charge is 0.319 e. The first-order valence-corrected chi connectivity index (χ1v) is 5.95. The molecule has 0 bridgehead atoms. The molecule has 1 rings (SSSR count). The molecule has 17 heavy (non-hydrogen) atoms. The van der Waals surface area contributed by atoms with Crippen molar-refractivity contribution in [2.24, 2.45) is 0 Å². The van der Waals surface area contributed by atoms with Crippen LogP contribution in [-0.4, -0.2) is 23.8 Å². The largest absolute Gasteiger partial charge is 0.393 e.